The predicted molar refractivity (Wildman–Crippen MR) is 36.1 cm³/mol. The molecule has 0 bridgehead atoms. The van der Waals surface area contributed by atoms with E-state index in [2.05, 4.69) is 10.9 Å². The van der Waals surface area contributed by atoms with E-state index in [9.17, 15) is 4.79 Å². The third-order valence-corrected chi connectivity index (χ3v) is 2.14. The van der Waals surface area contributed by atoms with Gasteiger partial charge in [-0.2, -0.15) is 0 Å². The van der Waals surface area contributed by atoms with Crippen molar-refractivity contribution < 1.29 is 14.6 Å². The summed E-state index contributed by atoms with van der Waals surface area (Å²) in [5.41, 5.74) is 5.08. The second-order valence-corrected chi connectivity index (χ2v) is 2.70. The fourth-order valence-electron chi connectivity index (χ4n) is 0.639. The number of rotatable bonds is 2. The Morgan fingerprint density at radius 2 is 2.60 bits per heavy atom. The fraction of sp³-hybridized carbons (Fsp3) is 0.750. The zero-order valence-electron chi connectivity index (χ0n) is 5.38. The second-order valence-electron chi connectivity index (χ2n) is 1.72. The maximum Gasteiger partial charge on any atom is 0.364 e. The number of aliphatic carboxylic acids is 1. The van der Waals surface area contributed by atoms with Crippen molar-refractivity contribution in [3.05, 3.63) is 0 Å². The average Bonchev–Trinajstić information content (AvgIpc) is 2.35. The van der Waals surface area contributed by atoms with E-state index >= 15 is 0 Å². The van der Waals surface area contributed by atoms with Crippen molar-refractivity contribution in [3.63, 3.8) is 0 Å². The van der Waals surface area contributed by atoms with Crippen molar-refractivity contribution in [2.24, 2.45) is 0 Å². The largest absolute Gasteiger partial charge is 0.477 e. The van der Waals surface area contributed by atoms with Crippen LogP contribution in [0.25, 0.3) is 0 Å². The van der Waals surface area contributed by atoms with Crippen LogP contribution in [0, 0.1) is 0 Å². The van der Waals surface area contributed by atoms with E-state index in [0.29, 0.717) is 0 Å². The van der Waals surface area contributed by atoms with Crippen LogP contribution < -0.4 is 10.9 Å². The molecule has 0 amide bonds. The Morgan fingerprint density at radius 3 is 2.80 bits per heavy atom. The van der Waals surface area contributed by atoms with Gasteiger partial charge in [0.1, 0.15) is 6.73 Å². The molecule has 6 heteroatoms. The number of hydrazine groups is 1. The van der Waals surface area contributed by atoms with Gasteiger partial charge in [0.05, 0.1) is 0 Å². The first-order valence-electron chi connectivity index (χ1n) is 2.64. The van der Waals surface area contributed by atoms with Crippen LogP contribution in [0.1, 0.15) is 0 Å². The zero-order valence-corrected chi connectivity index (χ0v) is 6.20. The maximum atomic E-state index is 10.5. The third kappa shape index (κ3) is 1.10. The van der Waals surface area contributed by atoms with Gasteiger partial charge in [0, 0.05) is 0 Å². The van der Waals surface area contributed by atoms with Crippen LogP contribution in [0.4, 0.5) is 0 Å². The number of carbonyl (C=O) groups is 1. The molecule has 1 heterocycles. The monoisotopic (exact) mass is 164 g/mol. The molecule has 0 spiro atoms. The van der Waals surface area contributed by atoms with Crippen molar-refractivity contribution >= 4 is 17.7 Å². The highest BCUT2D eigenvalue weighted by atomic mass is 32.2. The Hall–Kier alpha value is -0.300. The number of ether oxygens (including phenoxy) is 1. The molecule has 1 atom stereocenters. The number of thioether (sulfide) groups is 1. The quantitative estimate of drug-likeness (QED) is 0.495. The number of carboxylic acids is 1. The lowest BCUT2D eigenvalue weighted by Crippen LogP contribution is -2.48. The second kappa shape index (κ2) is 2.75. The van der Waals surface area contributed by atoms with Crippen LogP contribution in [0.2, 0.25) is 0 Å². The number of hydrogen-bond donors (Lipinski definition) is 3. The predicted octanol–water partition coefficient (Wildman–Crippen LogP) is -0.830. The molecule has 0 aromatic rings. The van der Waals surface area contributed by atoms with E-state index < -0.39 is 11.0 Å². The van der Waals surface area contributed by atoms with E-state index in [0.717, 1.165) is 11.8 Å². The van der Waals surface area contributed by atoms with Gasteiger partial charge in [0.25, 0.3) is 5.06 Å². The molecule has 1 fully saturated rings. The molecule has 1 aliphatic heterocycles. The van der Waals surface area contributed by atoms with Gasteiger partial charge in [0.15, 0.2) is 0 Å². The molecule has 58 valence electrons. The summed E-state index contributed by atoms with van der Waals surface area (Å²) in [7, 11) is 0. The lowest BCUT2D eigenvalue weighted by Gasteiger charge is -2.18. The molecule has 0 saturated carbocycles. The van der Waals surface area contributed by atoms with Crippen molar-refractivity contribution in [2.45, 2.75) is 5.06 Å². The summed E-state index contributed by atoms with van der Waals surface area (Å²) in [5.74, 6) is -1.02. The van der Waals surface area contributed by atoms with Gasteiger partial charge < -0.3 is 9.84 Å². The van der Waals surface area contributed by atoms with Gasteiger partial charge in [-0.15, -0.1) is 11.8 Å². The van der Waals surface area contributed by atoms with Crippen LogP contribution >= 0.6 is 11.8 Å². The fourth-order valence-corrected chi connectivity index (χ4v) is 1.16. The third-order valence-electron chi connectivity index (χ3n) is 1.17. The van der Waals surface area contributed by atoms with Crippen molar-refractivity contribution in [1.82, 2.24) is 10.9 Å². The Kier molecular flexibility index (Phi) is 2.14. The summed E-state index contributed by atoms with van der Waals surface area (Å²) in [5, 5.41) is 7.32. The lowest BCUT2D eigenvalue weighted by atomic mass is 10.6. The minimum Gasteiger partial charge on any atom is -0.477 e. The molecule has 0 aliphatic carbocycles. The summed E-state index contributed by atoms with van der Waals surface area (Å²) in [6.45, 7) is 0.215. The average molecular weight is 164 g/mol. The van der Waals surface area contributed by atoms with Crippen LogP contribution in [0.5, 0.6) is 0 Å². The van der Waals surface area contributed by atoms with Crippen LogP contribution in [-0.2, 0) is 9.53 Å². The summed E-state index contributed by atoms with van der Waals surface area (Å²) < 4.78 is 4.89. The van der Waals surface area contributed by atoms with Gasteiger partial charge >= 0.3 is 5.97 Å². The van der Waals surface area contributed by atoms with Gasteiger partial charge in [-0.1, -0.05) is 0 Å². The molecule has 0 aromatic heterocycles. The highest BCUT2D eigenvalue weighted by Crippen LogP contribution is 2.22. The summed E-state index contributed by atoms with van der Waals surface area (Å²) in [6.07, 6.45) is 1.66. The van der Waals surface area contributed by atoms with Crippen LogP contribution in [0.15, 0.2) is 0 Å². The first-order chi connectivity index (χ1) is 4.71. The van der Waals surface area contributed by atoms with Crippen LogP contribution in [-0.4, -0.2) is 29.1 Å². The Bertz CT molecular complexity index is 145. The molecule has 1 saturated heterocycles. The summed E-state index contributed by atoms with van der Waals surface area (Å²) >= 11 is 1.09. The molecular weight excluding hydrogens is 156 g/mol. The minimum atomic E-state index is -1.29. The minimum absolute atomic E-state index is 0.215. The Labute approximate surface area is 62.1 Å². The zero-order chi connectivity index (χ0) is 7.61. The van der Waals surface area contributed by atoms with Gasteiger partial charge in [0.2, 0.25) is 0 Å². The SMILES string of the molecule is CSC1(C(=O)O)NNCO1. The standard InChI is InChI=1S/C4H8N2O3S/c1-10-4(3(7)8)6-5-2-9-4/h5-6H,2H2,1H3,(H,7,8). The summed E-state index contributed by atoms with van der Waals surface area (Å²) in [4.78, 5) is 10.5. The number of hydrogen-bond acceptors (Lipinski definition) is 5. The van der Waals surface area contributed by atoms with Gasteiger partial charge in [-0.3, -0.25) is 0 Å². The number of carboxylic acid groups (broad SMARTS) is 1. The first kappa shape index (κ1) is 7.80. The molecule has 10 heavy (non-hydrogen) atoms. The Morgan fingerprint density at radius 1 is 1.90 bits per heavy atom. The van der Waals surface area contributed by atoms with E-state index in [1.807, 2.05) is 0 Å². The normalized spacial score (nSPS) is 32.5. The maximum absolute atomic E-state index is 10.5. The van der Waals surface area contributed by atoms with E-state index in [4.69, 9.17) is 9.84 Å². The Balaban J connectivity index is 2.67. The molecule has 1 unspecified atom stereocenters. The van der Waals surface area contributed by atoms with E-state index in [1.54, 1.807) is 6.26 Å². The topological polar surface area (TPSA) is 70.6 Å². The molecule has 3 N–H and O–H groups in total. The molecule has 1 aliphatic rings. The number of nitrogens with one attached hydrogen (secondary N) is 2. The van der Waals surface area contributed by atoms with E-state index in [-0.39, 0.29) is 6.73 Å². The molecule has 0 aromatic carbocycles. The van der Waals surface area contributed by atoms with Gasteiger partial charge in [-0.25, -0.2) is 15.6 Å². The lowest BCUT2D eigenvalue weighted by molar-refractivity contribution is -0.151. The molecule has 0 radical (unpaired) electrons. The van der Waals surface area contributed by atoms with Crippen LogP contribution in [0.3, 0.4) is 0 Å². The smallest absolute Gasteiger partial charge is 0.364 e. The van der Waals surface area contributed by atoms with E-state index in [1.165, 1.54) is 0 Å². The van der Waals surface area contributed by atoms with Gasteiger partial charge in [-0.05, 0) is 6.26 Å². The first-order valence-corrected chi connectivity index (χ1v) is 3.86. The highest BCUT2D eigenvalue weighted by Gasteiger charge is 2.42. The summed E-state index contributed by atoms with van der Waals surface area (Å²) in [6, 6.07) is 0. The van der Waals surface area contributed by atoms with Crippen molar-refractivity contribution in [2.75, 3.05) is 13.0 Å². The highest BCUT2D eigenvalue weighted by molar-refractivity contribution is 8.00. The molecular formula is C4H8N2O3S. The molecule has 1 rings (SSSR count). The van der Waals surface area contributed by atoms with Crippen molar-refractivity contribution in [3.8, 4) is 0 Å². The van der Waals surface area contributed by atoms with Crippen molar-refractivity contribution in [1.29, 1.82) is 0 Å². The molecule has 5 nitrogen and oxygen atoms in total.